The number of nitrogens with zero attached hydrogens (tertiary/aromatic N) is 4. The minimum atomic E-state index is 0.285. The molecular formula is C19H28ClN5O. The number of halogens is 1. The maximum Gasteiger partial charge on any atom is 0.226 e. The van der Waals surface area contributed by atoms with Gasteiger partial charge in [0.25, 0.3) is 0 Å². The predicted octanol–water partition coefficient (Wildman–Crippen LogP) is 3.88. The van der Waals surface area contributed by atoms with Crippen molar-refractivity contribution < 1.29 is 4.52 Å². The fourth-order valence-corrected chi connectivity index (χ4v) is 2.55. The molecule has 0 unspecified atom stereocenters. The lowest BCUT2D eigenvalue weighted by Gasteiger charge is -2.22. The highest BCUT2D eigenvalue weighted by Crippen LogP contribution is 2.12. The molecule has 7 heteroatoms. The molecule has 0 aliphatic rings. The molecule has 0 saturated heterocycles. The maximum atomic E-state index is 5.95. The van der Waals surface area contributed by atoms with Crippen molar-refractivity contribution in [2.75, 3.05) is 20.1 Å². The van der Waals surface area contributed by atoms with E-state index < -0.39 is 0 Å². The molecule has 0 spiro atoms. The first kappa shape index (κ1) is 20.2. The number of nitrogens with one attached hydrogen (secondary N) is 1. The molecule has 26 heavy (non-hydrogen) atoms. The van der Waals surface area contributed by atoms with Gasteiger partial charge in [-0.25, -0.2) is 0 Å². The molecule has 1 N–H and O–H groups in total. The zero-order valence-corrected chi connectivity index (χ0v) is 16.8. The van der Waals surface area contributed by atoms with Crippen molar-refractivity contribution in [3.05, 3.63) is 46.6 Å². The molecule has 0 amide bonds. The first-order valence-electron chi connectivity index (χ1n) is 9.06. The third-order valence-corrected chi connectivity index (χ3v) is 4.09. The van der Waals surface area contributed by atoms with Crippen LogP contribution in [0.5, 0.6) is 0 Å². The van der Waals surface area contributed by atoms with Gasteiger partial charge in [-0.2, -0.15) is 4.98 Å². The average molecular weight is 378 g/mol. The molecule has 6 nitrogen and oxygen atoms in total. The molecule has 0 aliphatic heterocycles. The molecule has 0 radical (unpaired) electrons. The zero-order valence-electron chi connectivity index (χ0n) is 16.0. The molecule has 1 heterocycles. The molecule has 2 aromatic rings. The van der Waals surface area contributed by atoms with Crippen LogP contribution in [0.2, 0.25) is 5.02 Å². The summed E-state index contributed by atoms with van der Waals surface area (Å²) in [5, 5.41) is 8.07. The van der Waals surface area contributed by atoms with Crippen LogP contribution in [-0.2, 0) is 13.0 Å². The molecule has 1 aromatic heterocycles. The number of rotatable bonds is 8. The Morgan fingerprint density at radius 2 is 2.04 bits per heavy atom. The number of hydrogen-bond acceptors (Lipinski definition) is 4. The van der Waals surface area contributed by atoms with Gasteiger partial charge in [-0.15, -0.1) is 0 Å². The molecule has 0 fully saturated rings. The van der Waals surface area contributed by atoms with Crippen molar-refractivity contribution >= 4 is 17.6 Å². The largest absolute Gasteiger partial charge is 0.357 e. The minimum Gasteiger partial charge on any atom is -0.357 e. The summed E-state index contributed by atoms with van der Waals surface area (Å²) in [5.41, 5.74) is 1.19. The first-order chi connectivity index (χ1) is 12.5. The summed E-state index contributed by atoms with van der Waals surface area (Å²) in [6.07, 6.45) is 1.60. The zero-order chi connectivity index (χ0) is 18.9. The van der Waals surface area contributed by atoms with Crippen molar-refractivity contribution in [3.63, 3.8) is 0 Å². The number of aliphatic imine (C=N–C) groups is 1. The van der Waals surface area contributed by atoms with Crippen molar-refractivity contribution in [1.82, 2.24) is 20.4 Å². The maximum absolute atomic E-state index is 5.95. The van der Waals surface area contributed by atoms with E-state index in [1.165, 1.54) is 5.56 Å². The second-order valence-corrected chi connectivity index (χ2v) is 6.96. The Morgan fingerprint density at radius 3 is 2.65 bits per heavy atom. The lowest BCUT2D eigenvalue weighted by Crippen LogP contribution is -2.38. The first-order valence-corrected chi connectivity index (χ1v) is 9.43. The van der Waals surface area contributed by atoms with Crippen LogP contribution in [0.4, 0.5) is 0 Å². The van der Waals surface area contributed by atoms with Crippen LogP contribution < -0.4 is 5.32 Å². The lowest BCUT2D eigenvalue weighted by atomic mass is 10.2. The molecule has 142 valence electrons. The minimum absolute atomic E-state index is 0.285. The summed E-state index contributed by atoms with van der Waals surface area (Å²) in [4.78, 5) is 11.2. The molecule has 1 aromatic carbocycles. The molecular weight excluding hydrogens is 350 g/mol. The summed E-state index contributed by atoms with van der Waals surface area (Å²) in [6.45, 7) is 8.47. The second-order valence-electron chi connectivity index (χ2n) is 6.52. The van der Waals surface area contributed by atoms with Crippen LogP contribution in [-0.4, -0.2) is 41.1 Å². The van der Waals surface area contributed by atoms with Gasteiger partial charge in [0.1, 0.15) is 0 Å². The van der Waals surface area contributed by atoms with Crippen molar-refractivity contribution in [2.45, 2.75) is 46.1 Å². The topological polar surface area (TPSA) is 66.5 Å². The van der Waals surface area contributed by atoms with Gasteiger partial charge in [-0.1, -0.05) is 42.7 Å². The average Bonchev–Trinajstić information content (AvgIpc) is 3.09. The van der Waals surface area contributed by atoms with Gasteiger partial charge >= 0.3 is 0 Å². The highest BCUT2D eigenvalue weighted by atomic mass is 35.5. The van der Waals surface area contributed by atoms with Gasteiger partial charge in [0.2, 0.25) is 5.89 Å². The van der Waals surface area contributed by atoms with Gasteiger partial charge in [0.05, 0.1) is 0 Å². The van der Waals surface area contributed by atoms with E-state index in [1.54, 1.807) is 0 Å². The Morgan fingerprint density at radius 1 is 1.31 bits per heavy atom. The third kappa shape index (κ3) is 6.33. The van der Waals surface area contributed by atoms with Crippen LogP contribution in [0.3, 0.4) is 0 Å². The Balaban J connectivity index is 1.87. The fraction of sp³-hybridized carbons (Fsp3) is 0.526. The van der Waals surface area contributed by atoms with Crippen LogP contribution in [0.1, 0.15) is 50.4 Å². The Labute approximate surface area is 160 Å². The van der Waals surface area contributed by atoms with E-state index >= 15 is 0 Å². The number of benzene rings is 1. The highest BCUT2D eigenvalue weighted by molar-refractivity contribution is 6.30. The van der Waals surface area contributed by atoms with Crippen LogP contribution in [0.15, 0.2) is 33.8 Å². The summed E-state index contributed by atoms with van der Waals surface area (Å²) < 4.78 is 5.27. The van der Waals surface area contributed by atoms with E-state index in [-0.39, 0.29) is 5.92 Å². The fourth-order valence-electron chi connectivity index (χ4n) is 2.43. The van der Waals surface area contributed by atoms with Crippen molar-refractivity contribution in [1.29, 1.82) is 0 Å². The molecule has 2 rings (SSSR count). The SMILES string of the molecule is CCNC(=NCCCc1nc(C(C)C)no1)N(C)Cc1ccc(Cl)cc1. The van der Waals surface area contributed by atoms with Crippen molar-refractivity contribution in [3.8, 4) is 0 Å². The van der Waals surface area contributed by atoms with Crippen LogP contribution in [0, 0.1) is 0 Å². The van der Waals surface area contributed by atoms with Crippen molar-refractivity contribution in [2.24, 2.45) is 4.99 Å². The number of aryl methyl sites for hydroxylation is 1. The van der Waals surface area contributed by atoms with Gasteiger partial charge in [0.15, 0.2) is 11.8 Å². The van der Waals surface area contributed by atoms with E-state index in [0.717, 1.165) is 42.7 Å². The van der Waals surface area contributed by atoms with Gasteiger partial charge < -0.3 is 14.7 Å². The van der Waals surface area contributed by atoms with Gasteiger partial charge in [0, 0.05) is 44.0 Å². The molecule has 0 saturated carbocycles. The van der Waals surface area contributed by atoms with E-state index in [4.69, 9.17) is 21.1 Å². The lowest BCUT2D eigenvalue weighted by molar-refractivity contribution is 0.369. The number of aromatic nitrogens is 2. The standard InChI is InChI=1S/C19H28ClN5O/c1-5-21-19(25(4)13-15-8-10-16(20)11-9-15)22-12-6-7-17-23-18(14(2)3)24-26-17/h8-11,14H,5-7,12-13H2,1-4H3,(H,21,22). The molecule has 0 bridgehead atoms. The smallest absolute Gasteiger partial charge is 0.226 e. The van der Waals surface area contributed by atoms with E-state index in [1.807, 2.05) is 31.3 Å². The van der Waals surface area contributed by atoms with E-state index in [9.17, 15) is 0 Å². The summed E-state index contributed by atoms with van der Waals surface area (Å²) in [6, 6.07) is 7.88. The Kier molecular flexibility index (Phi) is 7.91. The highest BCUT2D eigenvalue weighted by Gasteiger charge is 2.10. The monoisotopic (exact) mass is 377 g/mol. The van der Waals surface area contributed by atoms with E-state index in [0.29, 0.717) is 12.4 Å². The normalized spacial score (nSPS) is 11.8. The number of guanidine groups is 1. The molecule has 0 atom stereocenters. The second kappa shape index (κ2) is 10.2. The molecule has 0 aliphatic carbocycles. The Bertz CT molecular complexity index is 696. The van der Waals surface area contributed by atoms with Crippen LogP contribution in [0.25, 0.3) is 0 Å². The van der Waals surface area contributed by atoms with Gasteiger partial charge in [-0.05, 0) is 31.0 Å². The summed E-state index contributed by atoms with van der Waals surface area (Å²) in [5.74, 6) is 2.62. The number of hydrogen-bond donors (Lipinski definition) is 1. The van der Waals surface area contributed by atoms with Crippen LogP contribution >= 0.6 is 11.6 Å². The Hall–Kier alpha value is -2.08. The summed E-state index contributed by atoms with van der Waals surface area (Å²) >= 11 is 5.95. The quantitative estimate of drug-likeness (QED) is 0.429. The summed E-state index contributed by atoms with van der Waals surface area (Å²) in [7, 11) is 2.03. The van der Waals surface area contributed by atoms with Gasteiger partial charge in [-0.3, -0.25) is 4.99 Å². The third-order valence-electron chi connectivity index (χ3n) is 3.84. The van der Waals surface area contributed by atoms with E-state index in [2.05, 4.69) is 41.1 Å². The predicted molar refractivity (Wildman–Crippen MR) is 106 cm³/mol.